The fraction of sp³-hybridized carbons (Fsp3) is 0.462. The molecule has 0 spiro atoms. The minimum Gasteiger partial charge on any atom is -0.490 e. The number of rotatable bonds is 2. The second kappa shape index (κ2) is 4.86. The highest BCUT2D eigenvalue weighted by molar-refractivity contribution is 6.05. The van der Waals surface area contributed by atoms with Gasteiger partial charge in [-0.25, -0.2) is 0 Å². The van der Waals surface area contributed by atoms with Gasteiger partial charge in [0.15, 0.2) is 0 Å². The highest BCUT2D eigenvalue weighted by Gasteiger charge is 2.21. The van der Waals surface area contributed by atoms with Crippen molar-refractivity contribution in [3.05, 3.63) is 23.8 Å². The molecular formula is C13H15NO4. The molecule has 0 bridgehead atoms. The molecule has 0 unspecified atom stereocenters. The zero-order chi connectivity index (χ0) is 12.4. The number of hydrogen-bond donors (Lipinski definition) is 1. The van der Waals surface area contributed by atoms with E-state index in [0.717, 1.165) is 37.4 Å². The lowest BCUT2D eigenvalue weighted by Crippen LogP contribution is -2.25. The highest BCUT2D eigenvalue weighted by atomic mass is 16.5. The van der Waals surface area contributed by atoms with E-state index >= 15 is 0 Å². The van der Waals surface area contributed by atoms with E-state index in [0.29, 0.717) is 18.1 Å². The monoisotopic (exact) mass is 249 g/mol. The van der Waals surface area contributed by atoms with Crippen molar-refractivity contribution in [3.63, 3.8) is 0 Å². The van der Waals surface area contributed by atoms with Gasteiger partial charge in [-0.05, 0) is 12.1 Å². The fourth-order valence-electron chi connectivity index (χ4n) is 2.23. The summed E-state index contributed by atoms with van der Waals surface area (Å²) in [6, 6.07) is 5.60. The Morgan fingerprint density at radius 3 is 2.89 bits per heavy atom. The molecule has 0 saturated carbocycles. The van der Waals surface area contributed by atoms with Gasteiger partial charge in [-0.15, -0.1) is 0 Å². The van der Waals surface area contributed by atoms with Crippen molar-refractivity contribution in [2.24, 2.45) is 5.16 Å². The molecule has 5 heteroatoms. The van der Waals surface area contributed by atoms with Crippen molar-refractivity contribution >= 4 is 5.71 Å². The van der Waals surface area contributed by atoms with Gasteiger partial charge in [0.2, 0.25) is 0 Å². The maximum atomic E-state index is 8.81. The summed E-state index contributed by atoms with van der Waals surface area (Å²) in [6.07, 6.45) is 2.05. The molecule has 0 radical (unpaired) electrons. The first-order valence-electron chi connectivity index (χ1n) is 6.09. The summed E-state index contributed by atoms with van der Waals surface area (Å²) >= 11 is 0. The number of hydrogen-bond acceptors (Lipinski definition) is 5. The first kappa shape index (κ1) is 11.3. The van der Waals surface area contributed by atoms with Crippen LogP contribution < -0.4 is 9.47 Å². The van der Waals surface area contributed by atoms with Crippen molar-refractivity contribution < 1.29 is 19.4 Å². The lowest BCUT2D eigenvalue weighted by atomic mass is 10.1. The van der Waals surface area contributed by atoms with E-state index in [2.05, 4.69) is 5.16 Å². The van der Waals surface area contributed by atoms with Crippen LogP contribution in [0, 0.1) is 0 Å². The Hall–Kier alpha value is -1.75. The average molecular weight is 249 g/mol. The maximum absolute atomic E-state index is 8.81. The van der Waals surface area contributed by atoms with Gasteiger partial charge in [-0.2, -0.15) is 0 Å². The Kier molecular flexibility index (Phi) is 3.06. The van der Waals surface area contributed by atoms with Gasteiger partial charge < -0.3 is 19.4 Å². The third-order valence-electron chi connectivity index (χ3n) is 3.22. The van der Waals surface area contributed by atoms with Crippen molar-refractivity contribution in [3.8, 4) is 11.5 Å². The number of nitrogens with zero attached hydrogens (tertiary/aromatic N) is 1. The van der Waals surface area contributed by atoms with E-state index in [1.807, 2.05) is 18.2 Å². The highest BCUT2D eigenvalue weighted by Crippen LogP contribution is 2.31. The van der Waals surface area contributed by atoms with Crippen LogP contribution in [0.4, 0.5) is 0 Å². The number of oxime groups is 1. The van der Waals surface area contributed by atoms with Gasteiger partial charge >= 0.3 is 0 Å². The van der Waals surface area contributed by atoms with Crippen LogP contribution in [0.5, 0.6) is 11.5 Å². The quantitative estimate of drug-likeness (QED) is 0.641. The van der Waals surface area contributed by atoms with Crippen molar-refractivity contribution in [2.75, 3.05) is 19.8 Å². The lowest BCUT2D eigenvalue weighted by molar-refractivity contribution is 0.0255. The zero-order valence-corrected chi connectivity index (χ0v) is 9.96. The van der Waals surface area contributed by atoms with Crippen LogP contribution in [0.15, 0.2) is 23.4 Å². The molecule has 1 aromatic carbocycles. The Labute approximate surface area is 105 Å². The van der Waals surface area contributed by atoms with Crippen molar-refractivity contribution in [1.29, 1.82) is 0 Å². The van der Waals surface area contributed by atoms with Crippen LogP contribution in [-0.2, 0) is 4.74 Å². The predicted molar refractivity (Wildman–Crippen MR) is 64.7 cm³/mol. The standard InChI is InChI=1S/C13H15NO4/c15-14-12-8-17-13-7-10(1-2-11(12)13)18-9-3-5-16-6-4-9/h1-2,7,9,15H,3-6,8H2. The van der Waals surface area contributed by atoms with Crippen molar-refractivity contribution in [2.45, 2.75) is 18.9 Å². The molecule has 2 aliphatic rings. The van der Waals surface area contributed by atoms with E-state index in [1.165, 1.54) is 0 Å². The Balaban J connectivity index is 1.75. The maximum Gasteiger partial charge on any atom is 0.134 e. The van der Waals surface area contributed by atoms with Gasteiger partial charge in [0.25, 0.3) is 0 Å². The summed E-state index contributed by atoms with van der Waals surface area (Å²) in [7, 11) is 0. The van der Waals surface area contributed by atoms with Crippen LogP contribution >= 0.6 is 0 Å². The predicted octanol–water partition coefficient (Wildman–Crippen LogP) is 1.82. The van der Waals surface area contributed by atoms with Crippen LogP contribution in [0.25, 0.3) is 0 Å². The molecular weight excluding hydrogens is 234 g/mol. The minimum atomic E-state index is 0.212. The van der Waals surface area contributed by atoms with Crippen LogP contribution in [-0.4, -0.2) is 36.8 Å². The molecule has 1 fully saturated rings. The summed E-state index contributed by atoms with van der Waals surface area (Å²) in [6.45, 7) is 1.83. The van der Waals surface area contributed by atoms with Gasteiger partial charge in [0.05, 0.1) is 13.2 Å². The van der Waals surface area contributed by atoms with Crippen LogP contribution in [0.3, 0.4) is 0 Å². The molecule has 0 atom stereocenters. The smallest absolute Gasteiger partial charge is 0.134 e. The molecule has 1 aromatic rings. The molecule has 3 rings (SSSR count). The number of benzene rings is 1. The zero-order valence-electron chi connectivity index (χ0n) is 9.96. The molecule has 96 valence electrons. The van der Waals surface area contributed by atoms with Crippen LogP contribution in [0.2, 0.25) is 0 Å². The molecule has 5 nitrogen and oxygen atoms in total. The third kappa shape index (κ3) is 2.13. The molecule has 0 aliphatic carbocycles. The summed E-state index contributed by atoms with van der Waals surface area (Å²) < 4.78 is 16.6. The molecule has 18 heavy (non-hydrogen) atoms. The molecule has 1 N–H and O–H groups in total. The van der Waals surface area contributed by atoms with Crippen molar-refractivity contribution in [1.82, 2.24) is 0 Å². The van der Waals surface area contributed by atoms with E-state index in [4.69, 9.17) is 19.4 Å². The number of fused-ring (bicyclic) bond motifs is 1. The van der Waals surface area contributed by atoms with E-state index in [9.17, 15) is 0 Å². The molecule has 0 aromatic heterocycles. The summed E-state index contributed by atoms with van der Waals surface area (Å²) in [5.74, 6) is 1.51. The molecule has 0 amide bonds. The van der Waals surface area contributed by atoms with E-state index < -0.39 is 0 Å². The fourth-order valence-corrected chi connectivity index (χ4v) is 2.23. The van der Waals surface area contributed by atoms with Gasteiger partial charge in [-0.1, -0.05) is 5.16 Å². The Morgan fingerprint density at radius 2 is 2.11 bits per heavy atom. The minimum absolute atomic E-state index is 0.212. The van der Waals surface area contributed by atoms with Crippen LogP contribution in [0.1, 0.15) is 18.4 Å². The van der Waals surface area contributed by atoms with Gasteiger partial charge in [-0.3, -0.25) is 0 Å². The Bertz CT molecular complexity index is 466. The Morgan fingerprint density at radius 1 is 1.28 bits per heavy atom. The third-order valence-corrected chi connectivity index (χ3v) is 3.22. The largest absolute Gasteiger partial charge is 0.490 e. The SMILES string of the molecule is ON=C1COc2cc(OC3CCOCC3)ccc21. The van der Waals surface area contributed by atoms with E-state index in [1.54, 1.807) is 0 Å². The summed E-state index contributed by atoms with van der Waals surface area (Å²) in [5, 5.41) is 12.0. The van der Waals surface area contributed by atoms with Gasteiger partial charge in [0, 0.05) is 24.5 Å². The topological polar surface area (TPSA) is 60.3 Å². The van der Waals surface area contributed by atoms with Gasteiger partial charge in [0.1, 0.15) is 29.9 Å². The second-order valence-corrected chi connectivity index (χ2v) is 4.42. The second-order valence-electron chi connectivity index (χ2n) is 4.42. The molecule has 2 aliphatic heterocycles. The normalized spacial score (nSPS) is 21.7. The van der Waals surface area contributed by atoms with E-state index in [-0.39, 0.29) is 6.10 Å². The first-order chi connectivity index (χ1) is 8.86. The lowest BCUT2D eigenvalue weighted by Gasteiger charge is -2.23. The first-order valence-corrected chi connectivity index (χ1v) is 6.09. The average Bonchev–Trinajstić information content (AvgIpc) is 2.82. The molecule has 1 saturated heterocycles. The summed E-state index contributed by atoms with van der Waals surface area (Å²) in [5.41, 5.74) is 1.39. The summed E-state index contributed by atoms with van der Waals surface area (Å²) in [4.78, 5) is 0. The molecule has 2 heterocycles. The number of ether oxygens (including phenoxy) is 3.